The van der Waals surface area contributed by atoms with Crippen LogP contribution in [0.1, 0.15) is 11.5 Å². The standard InChI is InChI=1S/C13H16N2O4/c1-14-7-11(12(8-14)13(16)19-2)9-4-3-5-10(6-9)15(17)18/h3-6,11-12H,7-8H2,1-2H3/t11-,12+/m0/s1. The highest BCUT2D eigenvalue weighted by molar-refractivity contribution is 5.74. The average molecular weight is 264 g/mol. The summed E-state index contributed by atoms with van der Waals surface area (Å²) < 4.78 is 4.81. The zero-order valence-electron chi connectivity index (χ0n) is 10.9. The number of benzene rings is 1. The van der Waals surface area contributed by atoms with Crippen molar-refractivity contribution in [3.63, 3.8) is 0 Å². The van der Waals surface area contributed by atoms with Gasteiger partial charge in [-0.05, 0) is 12.6 Å². The number of esters is 1. The number of hydrogen-bond acceptors (Lipinski definition) is 5. The van der Waals surface area contributed by atoms with Crippen LogP contribution in [-0.4, -0.2) is 43.0 Å². The highest BCUT2D eigenvalue weighted by atomic mass is 16.6. The van der Waals surface area contributed by atoms with Crippen molar-refractivity contribution in [1.82, 2.24) is 4.90 Å². The van der Waals surface area contributed by atoms with E-state index in [1.165, 1.54) is 13.2 Å². The van der Waals surface area contributed by atoms with Gasteiger partial charge in [0.25, 0.3) is 5.69 Å². The molecule has 0 N–H and O–H groups in total. The minimum absolute atomic E-state index is 0.0515. The fourth-order valence-corrected chi connectivity index (χ4v) is 2.60. The van der Waals surface area contributed by atoms with E-state index in [2.05, 4.69) is 0 Å². The first-order chi connectivity index (χ1) is 9.02. The first-order valence-electron chi connectivity index (χ1n) is 6.03. The van der Waals surface area contributed by atoms with Crippen LogP contribution in [0.5, 0.6) is 0 Å². The predicted molar refractivity (Wildman–Crippen MR) is 68.8 cm³/mol. The van der Waals surface area contributed by atoms with Crippen molar-refractivity contribution >= 4 is 11.7 Å². The molecule has 2 rings (SSSR count). The van der Waals surface area contributed by atoms with Gasteiger partial charge in [-0.2, -0.15) is 0 Å². The Labute approximate surface area is 111 Å². The van der Waals surface area contributed by atoms with Crippen LogP contribution >= 0.6 is 0 Å². The van der Waals surface area contributed by atoms with Gasteiger partial charge in [-0.3, -0.25) is 14.9 Å². The average Bonchev–Trinajstić information content (AvgIpc) is 2.80. The van der Waals surface area contributed by atoms with Gasteiger partial charge >= 0.3 is 5.97 Å². The number of likely N-dealkylation sites (tertiary alicyclic amines) is 1. The maximum atomic E-state index is 11.8. The van der Waals surface area contributed by atoms with E-state index in [1.54, 1.807) is 12.1 Å². The van der Waals surface area contributed by atoms with Crippen LogP contribution in [0.15, 0.2) is 24.3 Å². The normalized spacial score (nSPS) is 23.3. The second-order valence-electron chi connectivity index (χ2n) is 4.81. The van der Waals surface area contributed by atoms with Crippen molar-refractivity contribution in [3.8, 4) is 0 Å². The molecule has 0 aromatic heterocycles. The van der Waals surface area contributed by atoms with Crippen molar-refractivity contribution in [1.29, 1.82) is 0 Å². The summed E-state index contributed by atoms with van der Waals surface area (Å²) in [6.07, 6.45) is 0. The molecule has 6 nitrogen and oxygen atoms in total. The predicted octanol–water partition coefficient (Wildman–Crippen LogP) is 1.41. The van der Waals surface area contributed by atoms with Crippen LogP contribution in [0.2, 0.25) is 0 Å². The van der Waals surface area contributed by atoms with E-state index in [0.29, 0.717) is 13.1 Å². The molecule has 0 radical (unpaired) electrons. The maximum Gasteiger partial charge on any atom is 0.310 e. The molecule has 1 aliphatic rings. The molecule has 0 saturated carbocycles. The van der Waals surface area contributed by atoms with E-state index in [1.807, 2.05) is 18.0 Å². The number of nitrogens with zero attached hydrogens (tertiary/aromatic N) is 2. The van der Waals surface area contributed by atoms with Gasteiger partial charge in [0.15, 0.2) is 0 Å². The topological polar surface area (TPSA) is 72.7 Å². The Morgan fingerprint density at radius 3 is 2.84 bits per heavy atom. The maximum absolute atomic E-state index is 11.8. The molecule has 0 spiro atoms. The summed E-state index contributed by atoms with van der Waals surface area (Å²) in [6.45, 7) is 1.31. The number of carbonyl (C=O) groups is 1. The SMILES string of the molecule is COC(=O)[C@@H]1CN(C)C[C@H]1c1cccc([N+](=O)[O-])c1. The first-order valence-corrected chi connectivity index (χ1v) is 6.03. The highest BCUT2D eigenvalue weighted by Gasteiger charge is 2.38. The summed E-state index contributed by atoms with van der Waals surface area (Å²) in [6, 6.07) is 6.47. The van der Waals surface area contributed by atoms with E-state index >= 15 is 0 Å². The number of hydrogen-bond donors (Lipinski definition) is 0. The lowest BCUT2D eigenvalue weighted by Crippen LogP contribution is -2.23. The zero-order valence-corrected chi connectivity index (χ0v) is 10.9. The monoisotopic (exact) mass is 264 g/mol. The molecule has 0 aliphatic carbocycles. The van der Waals surface area contributed by atoms with Crippen LogP contribution in [0.25, 0.3) is 0 Å². The highest BCUT2D eigenvalue weighted by Crippen LogP contribution is 2.34. The third-order valence-corrected chi connectivity index (χ3v) is 3.52. The van der Waals surface area contributed by atoms with Gasteiger partial charge < -0.3 is 9.64 Å². The first kappa shape index (κ1) is 13.5. The summed E-state index contributed by atoms with van der Waals surface area (Å²) in [7, 11) is 3.29. The number of nitro groups is 1. The lowest BCUT2D eigenvalue weighted by Gasteiger charge is -2.16. The number of carbonyl (C=O) groups excluding carboxylic acids is 1. The van der Waals surface area contributed by atoms with Gasteiger partial charge in [-0.15, -0.1) is 0 Å². The number of rotatable bonds is 3. The van der Waals surface area contributed by atoms with Crippen LogP contribution in [0.4, 0.5) is 5.69 Å². The van der Waals surface area contributed by atoms with Gasteiger partial charge in [-0.25, -0.2) is 0 Å². The molecule has 2 atom stereocenters. The summed E-state index contributed by atoms with van der Waals surface area (Å²) in [5.41, 5.74) is 0.865. The second kappa shape index (κ2) is 5.36. The largest absolute Gasteiger partial charge is 0.469 e. The molecular weight excluding hydrogens is 248 g/mol. The van der Waals surface area contributed by atoms with Crippen LogP contribution in [0.3, 0.4) is 0 Å². The molecule has 6 heteroatoms. The van der Waals surface area contributed by atoms with Crippen LogP contribution in [-0.2, 0) is 9.53 Å². The Kier molecular flexibility index (Phi) is 3.80. The van der Waals surface area contributed by atoms with Crippen molar-refractivity contribution in [2.75, 3.05) is 27.2 Å². The molecule has 1 aliphatic heterocycles. The summed E-state index contributed by atoms with van der Waals surface area (Å²) in [5.74, 6) is -0.588. The van der Waals surface area contributed by atoms with Gasteiger partial charge in [0.1, 0.15) is 0 Å². The molecule has 1 fully saturated rings. The van der Waals surface area contributed by atoms with E-state index < -0.39 is 4.92 Å². The Morgan fingerprint density at radius 2 is 2.21 bits per heavy atom. The molecule has 0 bridgehead atoms. The van der Waals surface area contributed by atoms with E-state index in [9.17, 15) is 14.9 Å². The molecule has 1 aromatic rings. The minimum atomic E-state index is -0.421. The molecule has 1 aromatic carbocycles. The van der Waals surface area contributed by atoms with Gasteiger partial charge in [-0.1, -0.05) is 12.1 Å². The van der Waals surface area contributed by atoms with E-state index in [4.69, 9.17) is 4.74 Å². The minimum Gasteiger partial charge on any atom is -0.469 e. The molecule has 1 saturated heterocycles. The van der Waals surface area contributed by atoms with Crippen LogP contribution in [0, 0.1) is 16.0 Å². The number of non-ortho nitro benzene ring substituents is 1. The van der Waals surface area contributed by atoms with Gasteiger partial charge in [0.2, 0.25) is 0 Å². The third-order valence-electron chi connectivity index (χ3n) is 3.52. The van der Waals surface area contributed by atoms with Gasteiger partial charge in [0, 0.05) is 31.1 Å². The van der Waals surface area contributed by atoms with E-state index in [-0.39, 0.29) is 23.5 Å². The van der Waals surface area contributed by atoms with Crippen molar-refractivity contribution in [2.24, 2.45) is 5.92 Å². The smallest absolute Gasteiger partial charge is 0.310 e. The lowest BCUT2D eigenvalue weighted by atomic mass is 9.89. The van der Waals surface area contributed by atoms with Gasteiger partial charge in [0.05, 0.1) is 18.0 Å². The zero-order chi connectivity index (χ0) is 14.0. The summed E-state index contributed by atoms with van der Waals surface area (Å²) >= 11 is 0. The van der Waals surface area contributed by atoms with Crippen molar-refractivity contribution in [3.05, 3.63) is 39.9 Å². The fourth-order valence-electron chi connectivity index (χ4n) is 2.60. The Balaban J connectivity index is 2.31. The number of ether oxygens (including phenoxy) is 1. The molecule has 102 valence electrons. The van der Waals surface area contributed by atoms with Crippen molar-refractivity contribution < 1.29 is 14.5 Å². The quantitative estimate of drug-likeness (QED) is 0.469. The Morgan fingerprint density at radius 1 is 1.47 bits per heavy atom. The summed E-state index contributed by atoms with van der Waals surface area (Å²) in [4.78, 5) is 24.2. The number of nitro benzene ring substituents is 1. The van der Waals surface area contributed by atoms with Crippen molar-refractivity contribution in [2.45, 2.75) is 5.92 Å². The second-order valence-corrected chi connectivity index (χ2v) is 4.81. The fraction of sp³-hybridized carbons (Fsp3) is 0.462. The number of methoxy groups -OCH3 is 1. The molecule has 0 unspecified atom stereocenters. The Hall–Kier alpha value is -1.95. The summed E-state index contributed by atoms with van der Waals surface area (Å²) in [5, 5.41) is 10.8. The molecule has 0 amide bonds. The number of likely N-dealkylation sites (N-methyl/N-ethyl adjacent to an activating group) is 1. The van der Waals surface area contributed by atoms with Crippen LogP contribution < -0.4 is 0 Å². The third kappa shape index (κ3) is 2.73. The molecular formula is C13H16N2O4. The molecule has 1 heterocycles. The Bertz CT molecular complexity index is 503. The molecule has 19 heavy (non-hydrogen) atoms. The lowest BCUT2D eigenvalue weighted by molar-refractivity contribution is -0.384. The van der Waals surface area contributed by atoms with E-state index in [0.717, 1.165) is 5.56 Å².